The average molecular weight is 352 g/mol. The van der Waals surface area contributed by atoms with Gasteiger partial charge in [0.15, 0.2) is 0 Å². The molecule has 21 heavy (non-hydrogen) atoms. The van der Waals surface area contributed by atoms with E-state index in [0.29, 0.717) is 12.1 Å². The molecular formula is C15H18BrN3O2. The zero-order valence-electron chi connectivity index (χ0n) is 12.1. The smallest absolute Gasteiger partial charge is 0.251 e. The molecule has 1 aromatic carbocycles. The predicted molar refractivity (Wildman–Crippen MR) is 84.6 cm³/mol. The summed E-state index contributed by atoms with van der Waals surface area (Å²) < 4.78 is 7.94. The number of hydrogen-bond donors (Lipinski definition) is 1. The van der Waals surface area contributed by atoms with Crippen molar-refractivity contribution in [3.05, 3.63) is 46.2 Å². The number of hydrogen-bond acceptors (Lipinski definition) is 3. The summed E-state index contributed by atoms with van der Waals surface area (Å²) in [6.07, 6.45) is 2.77. The predicted octanol–water partition coefficient (Wildman–Crippen LogP) is 2.78. The number of carbonyl (C=O) groups is 1. The highest BCUT2D eigenvalue weighted by Crippen LogP contribution is 2.13. The van der Waals surface area contributed by atoms with Gasteiger partial charge in [-0.2, -0.15) is 5.10 Å². The van der Waals surface area contributed by atoms with E-state index in [2.05, 4.69) is 26.3 Å². The van der Waals surface area contributed by atoms with Gasteiger partial charge in [-0.3, -0.25) is 9.48 Å². The second kappa shape index (κ2) is 7.26. The van der Waals surface area contributed by atoms with Crippen LogP contribution in [-0.2, 0) is 6.54 Å². The number of nitrogens with zero attached hydrogens (tertiary/aromatic N) is 2. The molecule has 0 saturated heterocycles. The molecule has 0 spiro atoms. The van der Waals surface area contributed by atoms with E-state index < -0.39 is 0 Å². The summed E-state index contributed by atoms with van der Waals surface area (Å²) in [5.74, 6) is 0.668. The van der Waals surface area contributed by atoms with Crippen molar-refractivity contribution in [3.63, 3.8) is 0 Å². The van der Waals surface area contributed by atoms with Crippen LogP contribution in [0.1, 0.15) is 22.5 Å². The van der Waals surface area contributed by atoms with Gasteiger partial charge in [0.25, 0.3) is 5.91 Å². The summed E-state index contributed by atoms with van der Waals surface area (Å²) in [6, 6.07) is 7.06. The van der Waals surface area contributed by atoms with Crippen LogP contribution in [-0.4, -0.2) is 29.3 Å². The van der Waals surface area contributed by atoms with Crippen molar-refractivity contribution in [3.8, 4) is 5.75 Å². The van der Waals surface area contributed by atoms with E-state index in [1.165, 1.54) is 0 Å². The van der Waals surface area contributed by atoms with Crippen molar-refractivity contribution in [2.75, 3.05) is 13.7 Å². The van der Waals surface area contributed by atoms with Crippen molar-refractivity contribution in [2.45, 2.75) is 19.9 Å². The largest absolute Gasteiger partial charge is 0.497 e. The Hall–Kier alpha value is -1.82. The highest BCUT2D eigenvalue weighted by Gasteiger charge is 2.05. The minimum atomic E-state index is -0.0736. The Morgan fingerprint density at radius 2 is 2.10 bits per heavy atom. The zero-order chi connectivity index (χ0) is 15.2. The van der Waals surface area contributed by atoms with Gasteiger partial charge in [-0.25, -0.2) is 0 Å². The Morgan fingerprint density at radius 3 is 2.67 bits per heavy atom. The number of carbonyl (C=O) groups excluding carboxylic acids is 1. The lowest BCUT2D eigenvalue weighted by Crippen LogP contribution is -2.25. The van der Waals surface area contributed by atoms with Gasteiger partial charge >= 0.3 is 0 Å². The number of halogens is 1. The highest BCUT2D eigenvalue weighted by molar-refractivity contribution is 9.10. The molecule has 112 valence electrons. The Kier molecular flexibility index (Phi) is 5.38. The Bertz CT molecular complexity index is 588. The van der Waals surface area contributed by atoms with E-state index in [-0.39, 0.29) is 5.91 Å². The lowest BCUT2D eigenvalue weighted by atomic mass is 10.2. The number of aryl methyl sites for hydroxylation is 2. The van der Waals surface area contributed by atoms with Crippen molar-refractivity contribution < 1.29 is 9.53 Å². The third kappa shape index (κ3) is 4.32. The van der Waals surface area contributed by atoms with Crippen LogP contribution in [0.2, 0.25) is 0 Å². The molecule has 1 aromatic heterocycles. The lowest BCUT2D eigenvalue weighted by Gasteiger charge is -2.06. The maximum absolute atomic E-state index is 11.9. The summed E-state index contributed by atoms with van der Waals surface area (Å²) in [5.41, 5.74) is 1.60. The van der Waals surface area contributed by atoms with Gasteiger partial charge in [0.1, 0.15) is 5.75 Å². The Morgan fingerprint density at radius 1 is 1.38 bits per heavy atom. The third-order valence-corrected chi connectivity index (χ3v) is 3.87. The fourth-order valence-corrected chi connectivity index (χ4v) is 2.21. The summed E-state index contributed by atoms with van der Waals surface area (Å²) in [4.78, 5) is 11.9. The van der Waals surface area contributed by atoms with Crippen molar-refractivity contribution >= 4 is 21.8 Å². The van der Waals surface area contributed by atoms with Gasteiger partial charge in [0.05, 0.1) is 17.3 Å². The summed E-state index contributed by atoms with van der Waals surface area (Å²) >= 11 is 3.43. The van der Waals surface area contributed by atoms with Crippen LogP contribution in [0.5, 0.6) is 5.75 Å². The fraction of sp³-hybridized carbons (Fsp3) is 0.333. The molecule has 2 aromatic rings. The molecule has 5 nitrogen and oxygen atoms in total. The number of amides is 1. The van der Waals surface area contributed by atoms with Crippen molar-refractivity contribution in [1.82, 2.24) is 15.1 Å². The zero-order valence-corrected chi connectivity index (χ0v) is 13.7. The van der Waals surface area contributed by atoms with Crippen LogP contribution in [0, 0.1) is 6.92 Å². The molecule has 0 aliphatic heterocycles. The molecular weight excluding hydrogens is 334 g/mol. The molecule has 1 heterocycles. The molecule has 0 aliphatic carbocycles. The maximum atomic E-state index is 11.9. The number of nitrogens with one attached hydrogen (secondary N) is 1. The number of benzene rings is 1. The van der Waals surface area contributed by atoms with E-state index in [9.17, 15) is 4.79 Å². The minimum Gasteiger partial charge on any atom is -0.497 e. The number of aromatic nitrogens is 2. The van der Waals surface area contributed by atoms with E-state index in [0.717, 1.165) is 28.9 Å². The monoisotopic (exact) mass is 351 g/mol. The van der Waals surface area contributed by atoms with Gasteiger partial charge in [-0.05, 0) is 53.5 Å². The summed E-state index contributed by atoms with van der Waals surface area (Å²) in [5, 5.41) is 7.24. The quantitative estimate of drug-likeness (QED) is 0.814. The van der Waals surface area contributed by atoms with Gasteiger partial charge in [0.2, 0.25) is 0 Å². The Balaban J connectivity index is 1.76. The molecule has 0 fully saturated rings. The minimum absolute atomic E-state index is 0.0736. The molecule has 0 saturated carbocycles. The molecule has 2 rings (SSSR count). The molecule has 1 amide bonds. The first-order valence-electron chi connectivity index (χ1n) is 6.72. The lowest BCUT2D eigenvalue weighted by molar-refractivity contribution is 0.0952. The normalized spacial score (nSPS) is 10.4. The molecule has 0 bridgehead atoms. The standard InChI is InChI=1S/C15H18BrN3O2/c1-11-14(16)10-19(18-11)9-3-8-17-15(20)12-4-6-13(21-2)7-5-12/h4-7,10H,3,8-9H2,1-2H3,(H,17,20). The second-order valence-electron chi connectivity index (χ2n) is 4.66. The van der Waals surface area contributed by atoms with Crippen LogP contribution in [0.25, 0.3) is 0 Å². The van der Waals surface area contributed by atoms with Crippen molar-refractivity contribution in [1.29, 1.82) is 0 Å². The number of methoxy groups -OCH3 is 1. The van der Waals surface area contributed by atoms with E-state index in [1.807, 2.05) is 17.8 Å². The molecule has 0 aliphatic rings. The van der Waals surface area contributed by atoms with E-state index in [1.54, 1.807) is 31.4 Å². The molecule has 0 radical (unpaired) electrons. The van der Waals surface area contributed by atoms with Crippen LogP contribution < -0.4 is 10.1 Å². The van der Waals surface area contributed by atoms with Gasteiger partial charge in [-0.15, -0.1) is 0 Å². The van der Waals surface area contributed by atoms with Gasteiger partial charge in [0, 0.05) is 24.8 Å². The van der Waals surface area contributed by atoms with Crippen molar-refractivity contribution in [2.24, 2.45) is 0 Å². The van der Waals surface area contributed by atoms with E-state index >= 15 is 0 Å². The van der Waals surface area contributed by atoms with E-state index in [4.69, 9.17) is 4.74 Å². The topological polar surface area (TPSA) is 56.1 Å². The SMILES string of the molecule is COc1ccc(C(=O)NCCCn2cc(Br)c(C)n2)cc1. The number of ether oxygens (including phenoxy) is 1. The first kappa shape index (κ1) is 15.6. The summed E-state index contributed by atoms with van der Waals surface area (Å²) in [6.45, 7) is 3.34. The molecule has 1 N–H and O–H groups in total. The van der Waals surface area contributed by atoms with Crippen LogP contribution in [0.3, 0.4) is 0 Å². The fourth-order valence-electron chi connectivity index (χ4n) is 1.90. The van der Waals surface area contributed by atoms with Crippen LogP contribution in [0.4, 0.5) is 0 Å². The molecule has 0 unspecified atom stereocenters. The first-order chi connectivity index (χ1) is 10.1. The second-order valence-corrected chi connectivity index (χ2v) is 5.52. The maximum Gasteiger partial charge on any atom is 0.251 e. The molecule has 6 heteroatoms. The molecule has 0 atom stereocenters. The first-order valence-corrected chi connectivity index (χ1v) is 7.51. The van der Waals surface area contributed by atoms with Crippen LogP contribution >= 0.6 is 15.9 Å². The van der Waals surface area contributed by atoms with Gasteiger partial charge < -0.3 is 10.1 Å². The van der Waals surface area contributed by atoms with Gasteiger partial charge in [-0.1, -0.05) is 0 Å². The number of rotatable bonds is 6. The average Bonchev–Trinajstić information content (AvgIpc) is 2.82. The summed E-state index contributed by atoms with van der Waals surface area (Å²) in [7, 11) is 1.60. The van der Waals surface area contributed by atoms with Crippen LogP contribution in [0.15, 0.2) is 34.9 Å². The highest BCUT2D eigenvalue weighted by atomic mass is 79.9. The Labute approximate surface area is 132 Å². The third-order valence-electron chi connectivity index (χ3n) is 3.09.